The number of carbonyl (C=O) groups is 3. The summed E-state index contributed by atoms with van der Waals surface area (Å²) < 4.78 is 16.9. The first-order chi connectivity index (χ1) is 40.0. The third-order valence-corrected chi connectivity index (χ3v) is 15.4. The fourth-order valence-corrected chi connectivity index (χ4v) is 10.2. The normalized spacial score (nSPS) is 12.6. The van der Waals surface area contributed by atoms with E-state index in [2.05, 4.69) is 106 Å². The van der Waals surface area contributed by atoms with Gasteiger partial charge in [-0.05, 0) is 96.3 Å². The van der Waals surface area contributed by atoms with Crippen molar-refractivity contribution in [2.24, 2.45) is 0 Å². The molecule has 0 spiro atoms. The van der Waals surface area contributed by atoms with Crippen molar-refractivity contribution in [3.8, 4) is 0 Å². The molecule has 0 aliphatic rings. The zero-order valence-electron chi connectivity index (χ0n) is 53.8. The van der Waals surface area contributed by atoms with Crippen molar-refractivity contribution in [3.05, 3.63) is 85.1 Å². The maximum absolute atomic E-state index is 12.9. The van der Waals surface area contributed by atoms with Gasteiger partial charge in [-0.3, -0.25) is 14.4 Å². The largest absolute Gasteiger partial charge is 0.462 e. The van der Waals surface area contributed by atoms with Crippen LogP contribution in [-0.2, 0) is 28.6 Å². The fraction of sp³-hybridized carbons (Fsp3) is 0.773. The SMILES string of the molecule is CC/C=C\C/C=C\C/C=C\C/C=C\C/C=C\C/C=C\CCCCCCCCCCCCCCCCCCC(=O)OCC(COC(=O)CCCCCCCCCCCCC)OC(=O)CCCCCCCCC/C=C\CCCCCCCC. The van der Waals surface area contributed by atoms with Crippen LogP contribution >= 0.6 is 0 Å². The number of hydrogen-bond donors (Lipinski definition) is 0. The Morgan fingerprint density at radius 1 is 0.259 bits per heavy atom. The van der Waals surface area contributed by atoms with Crippen molar-refractivity contribution in [2.45, 2.75) is 361 Å². The highest BCUT2D eigenvalue weighted by Crippen LogP contribution is 2.17. The van der Waals surface area contributed by atoms with E-state index in [-0.39, 0.29) is 31.1 Å². The predicted octanol–water partition coefficient (Wildman–Crippen LogP) is 24.2. The third kappa shape index (κ3) is 67.3. The Bertz CT molecular complexity index is 1530. The number of allylic oxidation sites excluding steroid dienone is 14. The van der Waals surface area contributed by atoms with Gasteiger partial charge in [0.2, 0.25) is 0 Å². The van der Waals surface area contributed by atoms with Crippen molar-refractivity contribution in [3.63, 3.8) is 0 Å². The van der Waals surface area contributed by atoms with E-state index in [4.69, 9.17) is 14.2 Å². The summed E-state index contributed by atoms with van der Waals surface area (Å²) in [7, 11) is 0. The molecule has 0 amide bonds. The third-order valence-electron chi connectivity index (χ3n) is 15.4. The molecule has 0 rings (SSSR count). The summed E-state index contributed by atoms with van der Waals surface area (Å²) in [5.74, 6) is -0.858. The number of esters is 3. The highest BCUT2D eigenvalue weighted by Gasteiger charge is 2.19. The van der Waals surface area contributed by atoms with Crippen LogP contribution in [0.25, 0.3) is 0 Å². The summed E-state index contributed by atoms with van der Waals surface area (Å²) in [5.41, 5.74) is 0. The number of unbranched alkanes of at least 4 members (excludes halogenated alkanes) is 39. The maximum Gasteiger partial charge on any atom is 0.306 e. The van der Waals surface area contributed by atoms with Crippen molar-refractivity contribution < 1.29 is 28.6 Å². The topological polar surface area (TPSA) is 78.9 Å². The monoisotopic (exact) mass is 1130 g/mol. The van der Waals surface area contributed by atoms with Crippen LogP contribution in [0, 0.1) is 0 Å². The van der Waals surface area contributed by atoms with Crippen LogP contribution in [0.15, 0.2) is 85.1 Å². The first-order valence-corrected chi connectivity index (χ1v) is 35.1. The zero-order chi connectivity index (χ0) is 58.5. The number of rotatable bonds is 64. The minimum absolute atomic E-state index is 0.0720. The summed E-state index contributed by atoms with van der Waals surface area (Å²) in [6, 6.07) is 0. The van der Waals surface area contributed by atoms with E-state index in [1.54, 1.807) is 0 Å². The first-order valence-electron chi connectivity index (χ1n) is 35.1. The molecule has 0 saturated heterocycles. The second kappa shape index (κ2) is 69.1. The molecule has 6 nitrogen and oxygen atoms in total. The quantitative estimate of drug-likeness (QED) is 0.0261. The molecule has 81 heavy (non-hydrogen) atoms. The van der Waals surface area contributed by atoms with Gasteiger partial charge in [-0.15, -0.1) is 0 Å². The molecule has 0 aliphatic carbocycles. The van der Waals surface area contributed by atoms with Gasteiger partial charge in [-0.1, -0.05) is 324 Å². The Morgan fingerprint density at radius 2 is 0.481 bits per heavy atom. The molecule has 0 aromatic rings. The van der Waals surface area contributed by atoms with E-state index in [0.717, 1.165) is 96.3 Å². The molecule has 6 heteroatoms. The Morgan fingerprint density at radius 3 is 0.765 bits per heavy atom. The van der Waals surface area contributed by atoms with Gasteiger partial charge >= 0.3 is 17.9 Å². The van der Waals surface area contributed by atoms with Gasteiger partial charge in [-0.25, -0.2) is 0 Å². The number of carbonyl (C=O) groups excluding carboxylic acids is 3. The molecule has 0 N–H and O–H groups in total. The van der Waals surface area contributed by atoms with E-state index in [9.17, 15) is 14.4 Å². The number of hydrogen-bond acceptors (Lipinski definition) is 6. The predicted molar refractivity (Wildman–Crippen MR) is 353 cm³/mol. The van der Waals surface area contributed by atoms with Gasteiger partial charge in [0.05, 0.1) is 0 Å². The molecule has 1 unspecified atom stereocenters. The van der Waals surface area contributed by atoms with Crippen LogP contribution in [0.4, 0.5) is 0 Å². The average Bonchev–Trinajstić information content (AvgIpc) is 3.47. The lowest BCUT2D eigenvalue weighted by Gasteiger charge is -2.18. The number of ether oxygens (including phenoxy) is 3. The van der Waals surface area contributed by atoms with Gasteiger partial charge in [0.1, 0.15) is 13.2 Å². The van der Waals surface area contributed by atoms with Crippen LogP contribution in [0.2, 0.25) is 0 Å². The van der Waals surface area contributed by atoms with Crippen LogP contribution < -0.4 is 0 Å². The van der Waals surface area contributed by atoms with Crippen LogP contribution in [-0.4, -0.2) is 37.2 Å². The summed E-state index contributed by atoms with van der Waals surface area (Å²) in [6.07, 6.45) is 91.9. The second-order valence-electron chi connectivity index (χ2n) is 23.4. The molecular weight excluding hydrogens is 997 g/mol. The Balaban J connectivity index is 4.11. The summed E-state index contributed by atoms with van der Waals surface area (Å²) in [6.45, 7) is 6.55. The van der Waals surface area contributed by atoms with E-state index < -0.39 is 6.10 Å². The Labute approximate surface area is 503 Å². The summed E-state index contributed by atoms with van der Waals surface area (Å²) in [5, 5.41) is 0. The molecule has 0 aromatic heterocycles. The van der Waals surface area contributed by atoms with Crippen molar-refractivity contribution in [1.82, 2.24) is 0 Å². The highest BCUT2D eigenvalue weighted by molar-refractivity contribution is 5.71. The Hall–Kier alpha value is -3.41. The van der Waals surface area contributed by atoms with Gasteiger partial charge in [-0.2, -0.15) is 0 Å². The molecule has 0 bridgehead atoms. The van der Waals surface area contributed by atoms with E-state index in [0.29, 0.717) is 19.3 Å². The first kappa shape index (κ1) is 77.6. The standard InChI is InChI=1S/C75H132O6/c1-4-7-10-13-16-19-22-24-26-28-29-30-31-32-33-34-35-36-37-38-39-40-41-42-43-44-45-47-48-50-53-56-59-62-65-68-74(77)80-71-72(70-79-73(76)67-64-61-58-55-52-21-18-15-12-9-6-3)81-75(78)69-66-63-60-57-54-51-49-46-27-25-23-20-17-14-11-8-5-2/h7,10,16,19,24-27,29-30,32-33,35-36,72H,4-6,8-9,11-15,17-18,20-23,28,31,34,37-71H2,1-3H3/b10-7-,19-16-,26-24-,27-25-,30-29-,33-32-,36-35-. The smallest absolute Gasteiger partial charge is 0.306 e. The van der Waals surface area contributed by atoms with E-state index in [1.165, 1.54) is 218 Å². The lowest BCUT2D eigenvalue weighted by atomic mass is 10.0. The second-order valence-corrected chi connectivity index (χ2v) is 23.4. The van der Waals surface area contributed by atoms with E-state index in [1.807, 2.05) is 0 Å². The molecule has 0 saturated carbocycles. The molecule has 0 heterocycles. The van der Waals surface area contributed by atoms with Gasteiger partial charge in [0.15, 0.2) is 6.10 Å². The lowest BCUT2D eigenvalue weighted by molar-refractivity contribution is -0.167. The van der Waals surface area contributed by atoms with E-state index >= 15 is 0 Å². The van der Waals surface area contributed by atoms with Gasteiger partial charge in [0.25, 0.3) is 0 Å². The fourth-order valence-electron chi connectivity index (χ4n) is 10.2. The molecule has 468 valence electrons. The zero-order valence-corrected chi connectivity index (χ0v) is 53.8. The molecule has 0 aliphatic heterocycles. The molecule has 0 radical (unpaired) electrons. The van der Waals surface area contributed by atoms with Crippen molar-refractivity contribution in [1.29, 1.82) is 0 Å². The summed E-state index contributed by atoms with van der Waals surface area (Å²) in [4.78, 5) is 38.3. The van der Waals surface area contributed by atoms with Crippen LogP contribution in [0.3, 0.4) is 0 Å². The average molecular weight is 1130 g/mol. The molecule has 0 fully saturated rings. The van der Waals surface area contributed by atoms with Gasteiger partial charge < -0.3 is 14.2 Å². The minimum atomic E-state index is -0.775. The Kier molecular flexibility index (Phi) is 66.2. The van der Waals surface area contributed by atoms with Crippen molar-refractivity contribution >= 4 is 17.9 Å². The molecular formula is C75H132O6. The maximum atomic E-state index is 12.9. The molecule has 0 aromatic carbocycles. The minimum Gasteiger partial charge on any atom is -0.462 e. The van der Waals surface area contributed by atoms with Crippen LogP contribution in [0.5, 0.6) is 0 Å². The lowest BCUT2D eigenvalue weighted by Crippen LogP contribution is -2.30. The van der Waals surface area contributed by atoms with Crippen molar-refractivity contribution in [2.75, 3.05) is 13.2 Å². The van der Waals surface area contributed by atoms with Gasteiger partial charge in [0, 0.05) is 19.3 Å². The highest BCUT2D eigenvalue weighted by atomic mass is 16.6. The summed E-state index contributed by atoms with van der Waals surface area (Å²) >= 11 is 0. The molecule has 1 atom stereocenters. The van der Waals surface area contributed by atoms with Crippen LogP contribution in [0.1, 0.15) is 355 Å².